The largest absolute Gasteiger partial charge is 0.485 e. The molecule has 138 valence electrons. The van der Waals surface area contributed by atoms with Gasteiger partial charge in [0.25, 0.3) is 0 Å². The van der Waals surface area contributed by atoms with Gasteiger partial charge in [0.1, 0.15) is 23.5 Å². The zero-order chi connectivity index (χ0) is 18.3. The van der Waals surface area contributed by atoms with Crippen molar-refractivity contribution in [1.29, 1.82) is 0 Å². The number of hydrogen-bond acceptors (Lipinski definition) is 5. The molecule has 2 aliphatic heterocycles. The third-order valence-electron chi connectivity index (χ3n) is 5.81. The lowest BCUT2D eigenvalue weighted by molar-refractivity contribution is 0.0318. The van der Waals surface area contributed by atoms with E-state index in [9.17, 15) is 0 Å². The smallest absolute Gasteiger partial charge is 0.140 e. The fourth-order valence-electron chi connectivity index (χ4n) is 4.42. The van der Waals surface area contributed by atoms with Crippen LogP contribution in [0.3, 0.4) is 0 Å². The Bertz CT molecular complexity index is 992. The highest BCUT2D eigenvalue weighted by molar-refractivity contribution is 7.98. The molecule has 1 fully saturated rings. The van der Waals surface area contributed by atoms with Gasteiger partial charge in [0.2, 0.25) is 0 Å². The molecule has 2 aromatic carbocycles. The first-order valence-electron chi connectivity index (χ1n) is 9.57. The number of fused-ring (bicyclic) bond motifs is 2. The molecule has 1 spiro atoms. The molecule has 1 saturated heterocycles. The summed E-state index contributed by atoms with van der Waals surface area (Å²) in [7, 11) is 0. The highest BCUT2D eigenvalue weighted by Crippen LogP contribution is 2.40. The predicted octanol–water partition coefficient (Wildman–Crippen LogP) is 4.72. The van der Waals surface area contributed by atoms with Crippen LogP contribution < -0.4 is 9.64 Å². The minimum absolute atomic E-state index is 0.110. The van der Waals surface area contributed by atoms with Crippen molar-refractivity contribution in [1.82, 2.24) is 9.97 Å². The predicted molar refractivity (Wildman–Crippen MR) is 111 cm³/mol. The van der Waals surface area contributed by atoms with E-state index in [1.165, 1.54) is 10.5 Å². The van der Waals surface area contributed by atoms with E-state index in [2.05, 4.69) is 63.6 Å². The van der Waals surface area contributed by atoms with Crippen LogP contribution in [0.15, 0.2) is 53.7 Å². The van der Waals surface area contributed by atoms with Gasteiger partial charge in [-0.2, -0.15) is 0 Å². The summed E-state index contributed by atoms with van der Waals surface area (Å²) in [4.78, 5) is 12.8. The molecule has 0 N–H and O–H groups in total. The Hall–Kier alpha value is -2.27. The summed E-state index contributed by atoms with van der Waals surface area (Å²) < 4.78 is 6.58. The Balaban J connectivity index is 1.49. The molecule has 5 rings (SSSR count). The molecule has 1 unspecified atom stereocenters. The van der Waals surface area contributed by atoms with Gasteiger partial charge in [0.05, 0.1) is 12.1 Å². The lowest BCUT2D eigenvalue weighted by Crippen LogP contribution is -2.53. The van der Waals surface area contributed by atoms with Crippen molar-refractivity contribution < 1.29 is 4.74 Å². The van der Waals surface area contributed by atoms with Crippen LogP contribution in [0.25, 0.3) is 10.9 Å². The van der Waals surface area contributed by atoms with E-state index >= 15 is 0 Å². The Kier molecular flexibility index (Phi) is 4.20. The van der Waals surface area contributed by atoms with Crippen LogP contribution in [0, 0.1) is 0 Å². The summed E-state index contributed by atoms with van der Waals surface area (Å²) in [5, 5.41) is 1.14. The van der Waals surface area contributed by atoms with E-state index < -0.39 is 0 Å². The molecule has 2 aliphatic rings. The van der Waals surface area contributed by atoms with Crippen molar-refractivity contribution in [2.45, 2.75) is 36.2 Å². The average molecular weight is 378 g/mol. The molecule has 5 heteroatoms. The van der Waals surface area contributed by atoms with E-state index in [1.54, 1.807) is 18.1 Å². The third-order valence-corrected chi connectivity index (χ3v) is 6.53. The van der Waals surface area contributed by atoms with E-state index in [0.29, 0.717) is 0 Å². The van der Waals surface area contributed by atoms with Gasteiger partial charge in [0.15, 0.2) is 0 Å². The zero-order valence-electron chi connectivity index (χ0n) is 15.5. The number of nitrogens with zero attached hydrogens (tertiary/aromatic N) is 3. The number of rotatable bonds is 2. The van der Waals surface area contributed by atoms with Gasteiger partial charge >= 0.3 is 0 Å². The number of aromatic nitrogens is 2. The van der Waals surface area contributed by atoms with Crippen LogP contribution in [-0.2, 0) is 6.42 Å². The van der Waals surface area contributed by atoms with Gasteiger partial charge < -0.3 is 9.64 Å². The fourth-order valence-corrected chi connectivity index (χ4v) is 4.86. The molecule has 0 radical (unpaired) electrons. The second-order valence-electron chi connectivity index (χ2n) is 7.50. The fraction of sp³-hybridized carbons (Fsp3) is 0.364. The van der Waals surface area contributed by atoms with Crippen LogP contribution in [-0.4, -0.2) is 34.9 Å². The van der Waals surface area contributed by atoms with Crippen LogP contribution in [0.5, 0.6) is 5.75 Å². The molecule has 0 saturated carbocycles. The van der Waals surface area contributed by atoms with Crippen molar-refractivity contribution in [2.24, 2.45) is 0 Å². The highest BCUT2D eigenvalue weighted by Gasteiger charge is 2.40. The van der Waals surface area contributed by atoms with Crippen molar-refractivity contribution in [3.8, 4) is 5.75 Å². The molecule has 3 heterocycles. The second kappa shape index (κ2) is 6.71. The summed E-state index contributed by atoms with van der Waals surface area (Å²) in [6.07, 6.45) is 8.18. The summed E-state index contributed by atoms with van der Waals surface area (Å²) in [5.41, 5.74) is 2.23. The summed E-state index contributed by atoms with van der Waals surface area (Å²) in [6.45, 7) is 1.90. The quantitative estimate of drug-likeness (QED) is 0.605. The van der Waals surface area contributed by atoms with Gasteiger partial charge in [-0.1, -0.05) is 18.2 Å². The average Bonchev–Trinajstić information content (AvgIpc) is 2.73. The SMILES string of the molecule is CSc1ccc2ncnc(N3CCCC4(CCc5ccccc5O4)C3)c2c1. The number of piperidine rings is 1. The first-order chi connectivity index (χ1) is 13.3. The number of aryl methyl sites for hydroxylation is 1. The molecule has 4 nitrogen and oxygen atoms in total. The number of hydrogen-bond donors (Lipinski definition) is 0. The summed E-state index contributed by atoms with van der Waals surface area (Å²) >= 11 is 1.75. The molecule has 3 aromatic rings. The minimum atomic E-state index is -0.110. The van der Waals surface area contributed by atoms with E-state index in [4.69, 9.17) is 4.74 Å². The maximum absolute atomic E-state index is 6.58. The first-order valence-corrected chi connectivity index (χ1v) is 10.8. The molecule has 0 bridgehead atoms. The number of thioether (sulfide) groups is 1. The lowest BCUT2D eigenvalue weighted by atomic mass is 9.84. The van der Waals surface area contributed by atoms with Crippen molar-refractivity contribution in [3.63, 3.8) is 0 Å². The molecule has 0 amide bonds. The first kappa shape index (κ1) is 16.9. The topological polar surface area (TPSA) is 38.2 Å². The van der Waals surface area contributed by atoms with Gasteiger partial charge in [-0.25, -0.2) is 9.97 Å². The monoisotopic (exact) mass is 377 g/mol. The molecular weight excluding hydrogens is 354 g/mol. The number of ether oxygens (including phenoxy) is 1. The minimum Gasteiger partial charge on any atom is -0.485 e. The number of anilines is 1. The van der Waals surface area contributed by atoms with E-state index in [0.717, 1.165) is 61.2 Å². The summed E-state index contributed by atoms with van der Waals surface area (Å²) in [6, 6.07) is 14.9. The third kappa shape index (κ3) is 3.04. The van der Waals surface area contributed by atoms with Crippen LogP contribution in [0.2, 0.25) is 0 Å². The van der Waals surface area contributed by atoms with Crippen LogP contribution >= 0.6 is 11.8 Å². The maximum Gasteiger partial charge on any atom is 0.140 e. The van der Waals surface area contributed by atoms with Gasteiger partial charge in [-0.3, -0.25) is 0 Å². The molecule has 0 aliphatic carbocycles. The van der Waals surface area contributed by atoms with Crippen molar-refractivity contribution in [3.05, 3.63) is 54.4 Å². The normalized spacial score (nSPS) is 21.9. The maximum atomic E-state index is 6.58. The molecule has 1 aromatic heterocycles. The van der Waals surface area contributed by atoms with E-state index in [-0.39, 0.29) is 5.60 Å². The van der Waals surface area contributed by atoms with Crippen LogP contribution in [0.4, 0.5) is 5.82 Å². The van der Waals surface area contributed by atoms with Crippen molar-refractivity contribution >= 4 is 28.5 Å². The van der Waals surface area contributed by atoms with Crippen molar-refractivity contribution in [2.75, 3.05) is 24.2 Å². The Morgan fingerprint density at radius 3 is 2.96 bits per heavy atom. The lowest BCUT2D eigenvalue weighted by Gasteiger charge is -2.46. The number of para-hydroxylation sites is 1. The number of benzene rings is 2. The van der Waals surface area contributed by atoms with Gasteiger partial charge in [-0.05, 0) is 61.8 Å². The highest BCUT2D eigenvalue weighted by atomic mass is 32.2. The zero-order valence-corrected chi connectivity index (χ0v) is 16.3. The van der Waals surface area contributed by atoms with E-state index in [1.807, 2.05) is 0 Å². The van der Waals surface area contributed by atoms with Gasteiger partial charge in [-0.15, -0.1) is 11.8 Å². The molecule has 27 heavy (non-hydrogen) atoms. The second-order valence-corrected chi connectivity index (χ2v) is 8.38. The van der Waals surface area contributed by atoms with Crippen LogP contribution in [0.1, 0.15) is 24.8 Å². The summed E-state index contributed by atoms with van der Waals surface area (Å²) in [5.74, 6) is 2.10. The Morgan fingerprint density at radius 2 is 2.04 bits per heavy atom. The van der Waals surface area contributed by atoms with Gasteiger partial charge in [0, 0.05) is 16.8 Å². The standard InChI is InChI=1S/C22H23N3OS/c1-27-17-7-8-19-18(13-17)21(24-15-23-19)25-12-4-10-22(14-25)11-9-16-5-2-3-6-20(16)26-22/h2-3,5-8,13,15H,4,9-12,14H2,1H3. The molecule has 1 atom stereocenters. The Labute approximate surface area is 164 Å². The Morgan fingerprint density at radius 1 is 1.11 bits per heavy atom. The molecular formula is C22H23N3OS.